The molecule has 24 heavy (non-hydrogen) atoms. The molecule has 0 aliphatic carbocycles. The van der Waals surface area contributed by atoms with Gasteiger partial charge in [-0.1, -0.05) is 0 Å². The molecule has 0 bridgehead atoms. The second-order valence-corrected chi connectivity index (χ2v) is 4.78. The van der Waals surface area contributed by atoms with Crippen LogP contribution in [0.5, 0.6) is 0 Å². The average molecular weight is 350 g/mol. The minimum absolute atomic E-state index is 0.621. The zero-order valence-corrected chi connectivity index (χ0v) is 13.9. The van der Waals surface area contributed by atoms with Gasteiger partial charge in [-0.05, 0) is 20.8 Å². The van der Waals surface area contributed by atoms with Gasteiger partial charge in [-0.15, -0.1) is 0 Å². The molecule has 10 heteroatoms. The minimum atomic E-state index is -1.73. The molecule has 0 aliphatic rings. The van der Waals surface area contributed by atoms with Crippen molar-refractivity contribution in [1.82, 2.24) is 0 Å². The number of aliphatic hydroxyl groups is 2. The average Bonchev–Trinajstić information content (AvgIpc) is 2.55. The molecular weight excluding hydrogens is 328 g/mol. The fraction of sp³-hybridized carbons (Fsp3) is 0.714. The Kier molecular flexibility index (Phi) is 9.77. The molecule has 138 valence electrons. The molecule has 0 fully saturated rings. The predicted molar refractivity (Wildman–Crippen MR) is 76.6 cm³/mol. The molecule has 0 saturated carbocycles. The van der Waals surface area contributed by atoms with Gasteiger partial charge in [-0.25, -0.2) is 14.4 Å². The summed E-state index contributed by atoms with van der Waals surface area (Å²) in [7, 11) is 1.28. The Morgan fingerprint density at radius 2 is 1.25 bits per heavy atom. The van der Waals surface area contributed by atoms with Crippen LogP contribution in [0, 0.1) is 0 Å². The summed E-state index contributed by atoms with van der Waals surface area (Å²) >= 11 is 0. The summed E-state index contributed by atoms with van der Waals surface area (Å²) in [5.41, 5.74) is 0. The Morgan fingerprint density at radius 3 is 1.67 bits per heavy atom. The highest BCUT2D eigenvalue weighted by Gasteiger charge is 2.31. The van der Waals surface area contributed by atoms with E-state index < -0.39 is 61.3 Å². The molecule has 4 atom stereocenters. The van der Waals surface area contributed by atoms with Crippen molar-refractivity contribution >= 4 is 23.7 Å². The van der Waals surface area contributed by atoms with Crippen molar-refractivity contribution in [2.24, 2.45) is 0 Å². The number of ketones is 1. The molecule has 0 aromatic rings. The van der Waals surface area contributed by atoms with Gasteiger partial charge in [0.05, 0.1) is 13.2 Å². The monoisotopic (exact) mass is 350 g/mol. The first-order valence-electron chi connectivity index (χ1n) is 7.04. The van der Waals surface area contributed by atoms with Gasteiger partial charge in [0.15, 0.2) is 24.1 Å². The molecule has 0 aromatic heterocycles. The molecule has 0 rings (SSSR count). The van der Waals surface area contributed by atoms with E-state index in [1.165, 1.54) is 21.0 Å². The van der Waals surface area contributed by atoms with E-state index in [4.69, 9.17) is 19.7 Å². The Bertz CT molecular complexity index is 460. The van der Waals surface area contributed by atoms with Gasteiger partial charge in [0.25, 0.3) is 0 Å². The third-order valence-electron chi connectivity index (χ3n) is 2.88. The molecule has 0 radical (unpaired) electrons. The van der Waals surface area contributed by atoms with Gasteiger partial charge >= 0.3 is 17.9 Å². The molecule has 2 N–H and O–H groups in total. The third-order valence-corrected chi connectivity index (χ3v) is 2.88. The summed E-state index contributed by atoms with van der Waals surface area (Å²) in [6.07, 6.45) is -5.42. The maximum atomic E-state index is 11.8. The van der Waals surface area contributed by atoms with Crippen molar-refractivity contribution in [2.45, 2.75) is 45.2 Å². The number of ether oxygens (including phenoxy) is 4. The van der Waals surface area contributed by atoms with Crippen molar-refractivity contribution in [3.8, 4) is 0 Å². The van der Waals surface area contributed by atoms with Crippen molar-refractivity contribution in [3.63, 3.8) is 0 Å². The normalized spacial score (nSPS) is 15.6. The lowest BCUT2D eigenvalue weighted by Crippen LogP contribution is -2.40. The van der Waals surface area contributed by atoms with Gasteiger partial charge in [-0.2, -0.15) is 0 Å². The first-order valence-corrected chi connectivity index (χ1v) is 7.04. The lowest BCUT2D eigenvalue weighted by Gasteiger charge is -2.20. The lowest BCUT2D eigenvalue weighted by atomic mass is 10.2. The zero-order chi connectivity index (χ0) is 18.9. The van der Waals surface area contributed by atoms with Crippen LogP contribution in [-0.4, -0.2) is 78.6 Å². The van der Waals surface area contributed by atoms with Gasteiger partial charge in [0.2, 0.25) is 6.10 Å². The first kappa shape index (κ1) is 22.0. The van der Waals surface area contributed by atoms with E-state index in [2.05, 4.69) is 9.47 Å². The Labute approximate surface area is 138 Å². The van der Waals surface area contributed by atoms with E-state index in [0.29, 0.717) is 0 Å². The maximum absolute atomic E-state index is 11.8. The number of carbonyl (C=O) groups excluding carboxylic acids is 4. The van der Waals surface area contributed by atoms with Crippen LogP contribution in [0.3, 0.4) is 0 Å². The molecule has 0 saturated heterocycles. The van der Waals surface area contributed by atoms with Crippen LogP contribution >= 0.6 is 0 Å². The number of hydrogen-bond donors (Lipinski definition) is 2. The number of esters is 3. The predicted octanol–water partition coefficient (Wildman–Crippen LogP) is -1.65. The van der Waals surface area contributed by atoms with Crippen LogP contribution in [0.2, 0.25) is 0 Å². The molecule has 0 amide bonds. The summed E-state index contributed by atoms with van der Waals surface area (Å²) in [4.78, 5) is 46.1. The second-order valence-electron chi connectivity index (χ2n) is 4.78. The van der Waals surface area contributed by atoms with E-state index in [9.17, 15) is 19.2 Å². The summed E-state index contributed by atoms with van der Waals surface area (Å²) in [6, 6.07) is 0. The van der Waals surface area contributed by atoms with E-state index in [1.807, 2.05) is 0 Å². The van der Waals surface area contributed by atoms with Crippen molar-refractivity contribution in [2.75, 3.05) is 20.3 Å². The Morgan fingerprint density at radius 1 is 0.792 bits per heavy atom. The number of rotatable bonds is 10. The Hall–Kier alpha value is -2.04. The van der Waals surface area contributed by atoms with E-state index in [-0.39, 0.29) is 0 Å². The molecule has 0 heterocycles. The topological polar surface area (TPSA) is 146 Å². The summed E-state index contributed by atoms with van der Waals surface area (Å²) < 4.78 is 18.8. The summed E-state index contributed by atoms with van der Waals surface area (Å²) in [6.45, 7) is 2.03. The molecule has 0 unspecified atom stereocenters. The largest absolute Gasteiger partial charge is 0.449 e. The molecular formula is C14H22O10. The fourth-order valence-corrected chi connectivity index (χ4v) is 1.28. The van der Waals surface area contributed by atoms with Crippen LogP contribution in [-0.2, 0) is 38.1 Å². The van der Waals surface area contributed by atoms with Gasteiger partial charge in [0, 0.05) is 7.11 Å². The van der Waals surface area contributed by atoms with Crippen LogP contribution in [0.4, 0.5) is 0 Å². The summed E-state index contributed by atoms with van der Waals surface area (Å²) in [5.74, 6) is -3.76. The summed E-state index contributed by atoms with van der Waals surface area (Å²) in [5, 5.41) is 18.0. The minimum Gasteiger partial charge on any atom is -0.449 e. The SMILES string of the molecule is CO[C@@H](C)C(=O)O[C@@H](C)C(=O)O[C@@H](CO)C(=O)O[C@@H](CO)C(C)=O. The molecule has 10 nitrogen and oxygen atoms in total. The number of Topliss-reactive ketones (excluding diaryl/α,β-unsaturated/α-hetero) is 1. The first-order chi connectivity index (χ1) is 11.2. The van der Waals surface area contributed by atoms with E-state index in [1.54, 1.807) is 0 Å². The van der Waals surface area contributed by atoms with E-state index >= 15 is 0 Å². The lowest BCUT2D eigenvalue weighted by molar-refractivity contribution is -0.185. The molecule has 0 aliphatic heterocycles. The van der Waals surface area contributed by atoms with Gasteiger partial charge in [-0.3, -0.25) is 4.79 Å². The zero-order valence-electron chi connectivity index (χ0n) is 13.9. The highest BCUT2D eigenvalue weighted by molar-refractivity contribution is 5.86. The smallest absolute Gasteiger partial charge is 0.350 e. The number of methoxy groups -OCH3 is 1. The van der Waals surface area contributed by atoms with Gasteiger partial charge in [0.1, 0.15) is 0 Å². The van der Waals surface area contributed by atoms with Crippen LogP contribution in [0.1, 0.15) is 20.8 Å². The van der Waals surface area contributed by atoms with Crippen molar-refractivity contribution < 1.29 is 48.3 Å². The second kappa shape index (κ2) is 10.7. The highest BCUT2D eigenvalue weighted by Crippen LogP contribution is 2.06. The van der Waals surface area contributed by atoms with Crippen LogP contribution in [0.15, 0.2) is 0 Å². The van der Waals surface area contributed by atoms with Crippen molar-refractivity contribution in [3.05, 3.63) is 0 Å². The number of carbonyl (C=O) groups is 4. The number of aliphatic hydroxyl groups excluding tert-OH is 2. The standard InChI is InChI=1S/C14H22O10/c1-7(17)10(5-15)23-14(20)11(6-16)24-13(19)9(3)22-12(18)8(2)21-4/h8-11,15-16H,5-6H2,1-4H3/t8-,9-,10-,11-/m0/s1. The molecule has 0 spiro atoms. The highest BCUT2D eigenvalue weighted by atomic mass is 16.6. The maximum Gasteiger partial charge on any atom is 0.350 e. The quantitative estimate of drug-likeness (QED) is 0.347. The van der Waals surface area contributed by atoms with E-state index in [0.717, 1.165) is 6.92 Å². The number of hydrogen-bond acceptors (Lipinski definition) is 10. The van der Waals surface area contributed by atoms with Crippen molar-refractivity contribution in [1.29, 1.82) is 0 Å². The Balaban J connectivity index is 4.69. The van der Waals surface area contributed by atoms with Crippen LogP contribution < -0.4 is 0 Å². The van der Waals surface area contributed by atoms with Gasteiger partial charge < -0.3 is 29.2 Å². The fourth-order valence-electron chi connectivity index (χ4n) is 1.28. The van der Waals surface area contributed by atoms with Crippen LogP contribution in [0.25, 0.3) is 0 Å². The molecule has 0 aromatic carbocycles. The third kappa shape index (κ3) is 7.02.